The van der Waals surface area contributed by atoms with Gasteiger partial charge in [-0.3, -0.25) is 14.8 Å². The zero-order chi connectivity index (χ0) is 20.9. The number of hydroxylamine groups is 1. The summed E-state index contributed by atoms with van der Waals surface area (Å²) in [5, 5.41) is 9.27. The maximum atomic E-state index is 13.3. The molecule has 0 unspecified atom stereocenters. The van der Waals surface area contributed by atoms with Crippen molar-refractivity contribution in [2.45, 2.75) is 31.6 Å². The Morgan fingerprint density at radius 1 is 0.967 bits per heavy atom. The van der Waals surface area contributed by atoms with Gasteiger partial charge in [0.2, 0.25) is 11.8 Å². The van der Waals surface area contributed by atoms with Crippen LogP contribution in [0.25, 0.3) is 6.08 Å². The second-order valence-corrected chi connectivity index (χ2v) is 8.33. The molecule has 3 atom stereocenters. The third-order valence-corrected chi connectivity index (χ3v) is 6.45. The molecule has 30 heavy (non-hydrogen) atoms. The average molecular weight is 405 g/mol. The first-order chi connectivity index (χ1) is 14.7. The zero-order valence-corrected chi connectivity index (χ0v) is 17.0. The summed E-state index contributed by atoms with van der Waals surface area (Å²) in [5.74, 6) is -1.01. The van der Waals surface area contributed by atoms with Gasteiger partial charge in [-0.25, -0.2) is 5.48 Å². The van der Waals surface area contributed by atoms with E-state index < -0.39 is 11.8 Å². The van der Waals surface area contributed by atoms with Gasteiger partial charge < -0.3 is 4.90 Å². The van der Waals surface area contributed by atoms with E-state index in [1.54, 1.807) is 5.48 Å². The van der Waals surface area contributed by atoms with Crippen LogP contribution in [0.5, 0.6) is 0 Å². The molecule has 0 bridgehead atoms. The molecule has 1 aliphatic heterocycles. The molecule has 5 nitrogen and oxygen atoms in total. The van der Waals surface area contributed by atoms with E-state index in [1.807, 2.05) is 53.4 Å². The first kappa shape index (κ1) is 20.4. The maximum Gasteiger partial charge on any atom is 0.247 e. The van der Waals surface area contributed by atoms with Crippen molar-refractivity contribution < 1.29 is 14.8 Å². The van der Waals surface area contributed by atoms with Gasteiger partial charge in [-0.1, -0.05) is 72.3 Å². The van der Waals surface area contributed by atoms with Crippen molar-refractivity contribution in [2.24, 2.45) is 11.8 Å². The minimum Gasteiger partial charge on any atom is -0.342 e. The van der Waals surface area contributed by atoms with Crippen LogP contribution in [0.4, 0.5) is 0 Å². The minimum atomic E-state index is -0.540. The first-order valence-corrected chi connectivity index (χ1v) is 10.7. The van der Waals surface area contributed by atoms with E-state index in [-0.39, 0.29) is 11.8 Å². The number of benzene rings is 2. The number of amides is 2. The molecule has 1 saturated heterocycles. The summed E-state index contributed by atoms with van der Waals surface area (Å²) in [6.45, 7) is 1.41. The summed E-state index contributed by atoms with van der Waals surface area (Å²) >= 11 is 0. The Morgan fingerprint density at radius 3 is 2.37 bits per heavy atom. The number of rotatable bonds is 4. The summed E-state index contributed by atoms with van der Waals surface area (Å²) in [5.41, 5.74) is 5.28. The number of carbonyl (C=O) groups is 2. The Hall–Kier alpha value is -2.92. The van der Waals surface area contributed by atoms with Crippen LogP contribution in [0.3, 0.4) is 0 Å². The van der Waals surface area contributed by atoms with Gasteiger partial charge >= 0.3 is 0 Å². The van der Waals surface area contributed by atoms with Gasteiger partial charge in [0.25, 0.3) is 0 Å². The van der Waals surface area contributed by atoms with Gasteiger partial charge in [0, 0.05) is 19.0 Å². The summed E-state index contributed by atoms with van der Waals surface area (Å²) in [4.78, 5) is 27.6. The van der Waals surface area contributed by atoms with Gasteiger partial charge in [-0.2, -0.15) is 0 Å². The Bertz CT molecular complexity index is 911. The van der Waals surface area contributed by atoms with Gasteiger partial charge in [-0.05, 0) is 36.8 Å². The molecule has 2 aromatic rings. The van der Waals surface area contributed by atoms with E-state index >= 15 is 0 Å². The highest BCUT2D eigenvalue weighted by molar-refractivity contribution is 5.88. The normalized spacial score (nSPS) is 25.3. The van der Waals surface area contributed by atoms with Crippen molar-refractivity contribution >= 4 is 17.9 Å². The van der Waals surface area contributed by atoms with E-state index in [9.17, 15) is 14.8 Å². The summed E-state index contributed by atoms with van der Waals surface area (Å²) in [6, 6.07) is 20.3. The number of allylic oxidation sites excluding steroid dienone is 1. The summed E-state index contributed by atoms with van der Waals surface area (Å²) < 4.78 is 0. The number of nitrogens with one attached hydrogen (secondary N) is 1. The highest BCUT2D eigenvalue weighted by atomic mass is 16.5. The number of hydrogen-bond donors (Lipinski definition) is 2. The first-order valence-electron chi connectivity index (χ1n) is 10.7. The number of nitrogens with zero attached hydrogens (tertiary/aromatic N) is 1. The lowest BCUT2D eigenvalue weighted by atomic mass is 9.75. The molecule has 1 saturated carbocycles. The molecule has 5 heteroatoms. The fourth-order valence-corrected chi connectivity index (χ4v) is 4.83. The van der Waals surface area contributed by atoms with Crippen LogP contribution in [-0.2, 0) is 9.59 Å². The van der Waals surface area contributed by atoms with Crippen LogP contribution in [0.1, 0.15) is 42.7 Å². The third-order valence-electron chi connectivity index (χ3n) is 6.45. The molecule has 2 fully saturated rings. The molecule has 2 aliphatic rings. The predicted molar refractivity (Wildman–Crippen MR) is 116 cm³/mol. The topological polar surface area (TPSA) is 69.6 Å². The SMILES string of the molecule is O=C(NO)[C@H]1CC(=Cc2ccccc2)CC[C@@H]1C(=O)N1CC[C@H](c2ccccc2)C1. The van der Waals surface area contributed by atoms with Crippen LogP contribution in [0.2, 0.25) is 0 Å². The van der Waals surface area contributed by atoms with Crippen molar-refractivity contribution in [3.05, 3.63) is 77.4 Å². The molecule has 1 aliphatic carbocycles. The lowest BCUT2D eigenvalue weighted by Gasteiger charge is -2.33. The van der Waals surface area contributed by atoms with Crippen molar-refractivity contribution in [1.29, 1.82) is 0 Å². The molecule has 2 amide bonds. The van der Waals surface area contributed by atoms with Crippen molar-refractivity contribution in [1.82, 2.24) is 10.4 Å². The molecule has 156 valence electrons. The highest BCUT2D eigenvalue weighted by Gasteiger charge is 2.41. The fraction of sp³-hybridized carbons (Fsp3) is 0.360. The van der Waals surface area contributed by atoms with Crippen molar-refractivity contribution in [3.63, 3.8) is 0 Å². The average Bonchev–Trinajstić information content (AvgIpc) is 3.30. The second-order valence-electron chi connectivity index (χ2n) is 8.33. The lowest BCUT2D eigenvalue weighted by Crippen LogP contribution is -2.44. The van der Waals surface area contributed by atoms with E-state index in [2.05, 4.69) is 18.2 Å². The molecule has 1 heterocycles. The Labute approximate surface area is 177 Å². The predicted octanol–water partition coefficient (Wildman–Crippen LogP) is 4.01. The molecule has 0 radical (unpaired) electrons. The van der Waals surface area contributed by atoms with E-state index in [1.165, 1.54) is 5.56 Å². The molecule has 0 aromatic heterocycles. The van der Waals surface area contributed by atoms with Crippen molar-refractivity contribution in [3.8, 4) is 0 Å². The van der Waals surface area contributed by atoms with Crippen LogP contribution in [0, 0.1) is 11.8 Å². The summed E-state index contributed by atoms with van der Waals surface area (Å²) in [6.07, 6.45) is 4.95. The van der Waals surface area contributed by atoms with Crippen LogP contribution in [0.15, 0.2) is 66.2 Å². The molecule has 0 spiro atoms. The van der Waals surface area contributed by atoms with Crippen LogP contribution < -0.4 is 5.48 Å². The molecule has 2 N–H and O–H groups in total. The van der Waals surface area contributed by atoms with Gasteiger partial charge in [0.15, 0.2) is 0 Å². The fourth-order valence-electron chi connectivity index (χ4n) is 4.83. The van der Waals surface area contributed by atoms with Crippen LogP contribution >= 0.6 is 0 Å². The molecule has 4 rings (SSSR count). The van der Waals surface area contributed by atoms with Gasteiger partial charge in [-0.15, -0.1) is 0 Å². The third kappa shape index (κ3) is 4.46. The smallest absolute Gasteiger partial charge is 0.247 e. The van der Waals surface area contributed by atoms with Crippen LogP contribution in [-0.4, -0.2) is 35.0 Å². The Balaban J connectivity index is 1.47. The summed E-state index contributed by atoms with van der Waals surface area (Å²) in [7, 11) is 0. The van der Waals surface area contributed by atoms with E-state index in [0.29, 0.717) is 25.3 Å². The zero-order valence-electron chi connectivity index (χ0n) is 17.0. The largest absolute Gasteiger partial charge is 0.342 e. The van der Waals surface area contributed by atoms with E-state index in [4.69, 9.17) is 0 Å². The standard InChI is InChI=1S/C25H28N2O3/c28-24(26-30)23-16-19(15-18-7-3-1-4-8-18)11-12-22(23)25(29)27-14-13-21(17-27)20-9-5-2-6-10-20/h1-10,15,21-23,30H,11-14,16-17H2,(H,26,28)/t21-,22-,23-/m0/s1. The van der Waals surface area contributed by atoms with Crippen molar-refractivity contribution in [2.75, 3.05) is 13.1 Å². The molecule has 2 aromatic carbocycles. The number of carbonyl (C=O) groups excluding carboxylic acids is 2. The maximum absolute atomic E-state index is 13.3. The van der Waals surface area contributed by atoms with Gasteiger partial charge in [0.1, 0.15) is 0 Å². The highest BCUT2D eigenvalue weighted by Crippen LogP contribution is 2.37. The number of hydrogen-bond acceptors (Lipinski definition) is 3. The monoisotopic (exact) mass is 404 g/mol. The second kappa shape index (κ2) is 9.26. The molecular weight excluding hydrogens is 376 g/mol. The number of likely N-dealkylation sites (tertiary alicyclic amines) is 1. The van der Waals surface area contributed by atoms with Gasteiger partial charge in [0.05, 0.1) is 11.8 Å². The lowest BCUT2D eigenvalue weighted by molar-refractivity contribution is -0.145. The quantitative estimate of drug-likeness (QED) is 0.598. The molecular formula is C25H28N2O3. The van der Waals surface area contributed by atoms with E-state index in [0.717, 1.165) is 30.5 Å². The Kier molecular flexibility index (Phi) is 6.29. The minimum absolute atomic E-state index is 0.0424. The Morgan fingerprint density at radius 2 is 1.67 bits per heavy atom.